The Kier molecular flexibility index (Phi) is 4.54. The summed E-state index contributed by atoms with van der Waals surface area (Å²) in [6.07, 6.45) is 0. The van der Waals surface area contributed by atoms with Crippen LogP contribution in [0.5, 0.6) is 11.5 Å². The zero-order valence-electron chi connectivity index (χ0n) is 12.6. The van der Waals surface area contributed by atoms with Gasteiger partial charge < -0.3 is 9.47 Å². The summed E-state index contributed by atoms with van der Waals surface area (Å²) in [5, 5.41) is 5.13. The first kappa shape index (κ1) is 17.8. The topological polar surface area (TPSA) is 125 Å². The summed E-state index contributed by atoms with van der Waals surface area (Å²) >= 11 is 6.08. The maximum absolute atomic E-state index is 12.5. The minimum absolute atomic E-state index is 0.0759. The highest BCUT2D eigenvalue weighted by Gasteiger charge is 2.21. The van der Waals surface area contributed by atoms with Crippen molar-refractivity contribution in [1.82, 2.24) is 0 Å². The summed E-state index contributed by atoms with van der Waals surface area (Å²) in [5.74, 6) is 0.766. The number of nitrogens with one attached hydrogen (secondary N) is 1. The second-order valence-electron chi connectivity index (χ2n) is 5.10. The minimum atomic E-state index is -4.10. The van der Waals surface area contributed by atoms with E-state index >= 15 is 0 Å². The van der Waals surface area contributed by atoms with Gasteiger partial charge in [-0.3, -0.25) is 4.72 Å². The lowest BCUT2D eigenvalue weighted by molar-refractivity contribution is 0.171. The quantitative estimate of drug-likeness (QED) is 0.796. The Morgan fingerprint density at radius 1 is 0.960 bits per heavy atom. The van der Waals surface area contributed by atoms with Crippen molar-refractivity contribution in [2.24, 2.45) is 5.14 Å². The van der Waals surface area contributed by atoms with E-state index in [1.165, 1.54) is 30.3 Å². The highest BCUT2D eigenvalue weighted by Crippen LogP contribution is 2.38. The molecule has 11 heteroatoms. The van der Waals surface area contributed by atoms with E-state index in [4.69, 9.17) is 26.2 Å². The largest absolute Gasteiger partial charge is 0.486 e. The average molecular weight is 405 g/mol. The van der Waals surface area contributed by atoms with Gasteiger partial charge in [0.15, 0.2) is 11.5 Å². The van der Waals surface area contributed by atoms with Crippen LogP contribution in [0.15, 0.2) is 46.2 Å². The molecule has 8 nitrogen and oxygen atoms in total. The molecule has 0 saturated carbocycles. The highest BCUT2D eigenvalue weighted by molar-refractivity contribution is 7.93. The molecule has 25 heavy (non-hydrogen) atoms. The van der Waals surface area contributed by atoms with Crippen LogP contribution in [0.1, 0.15) is 0 Å². The van der Waals surface area contributed by atoms with Crippen LogP contribution >= 0.6 is 11.6 Å². The second-order valence-corrected chi connectivity index (χ2v) is 8.75. The van der Waals surface area contributed by atoms with E-state index in [9.17, 15) is 16.8 Å². The molecule has 0 saturated heterocycles. The Balaban J connectivity index is 1.97. The van der Waals surface area contributed by atoms with Crippen LogP contribution in [0.25, 0.3) is 0 Å². The number of sulfonamides is 2. The minimum Gasteiger partial charge on any atom is -0.486 e. The summed E-state index contributed by atoms with van der Waals surface area (Å²) in [6, 6.07) is 7.52. The lowest BCUT2D eigenvalue weighted by atomic mass is 10.2. The summed E-state index contributed by atoms with van der Waals surface area (Å²) < 4.78 is 60.9. The third kappa shape index (κ3) is 3.82. The number of benzene rings is 2. The van der Waals surface area contributed by atoms with Gasteiger partial charge in [0.2, 0.25) is 10.0 Å². The van der Waals surface area contributed by atoms with E-state index in [1.54, 1.807) is 0 Å². The number of fused-ring (bicyclic) bond motifs is 1. The first-order valence-electron chi connectivity index (χ1n) is 6.92. The molecule has 1 aliphatic heterocycles. The van der Waals surface area contributed by atoms with Crippen LogP contribution in [0, 0.1) is 0 Å². The van der Waals surface area contributed by atoms with E-state index in [2.05, 4.69) is 4.72 Å². The smallest absolute Gasteiger partial charge is 0.261 e. The van der Waals surface area contributed by atoms with Crippen molar-refractivity contribution < 1.29 is 26.3 Å². The van der Waals surface area contributed by atoms with Crippen LogP contribution in [0.3, 0.4) is 0 Å². The molecule has 2 aromatic carbocycles. The predicted molar refractivity (Wildman–Crippen MR) is 91.1 cm³/mol. The molecule has 0 atom stereocenters. The molecule has 0 amide bonds. The van der Waals surface area contributed by atoms with Gasteiger partial charge in [0.1, 0.15) is 13.2 Å². The Labute approximate surface area is 149 Å². The van der Waals surface area contributed by atoms with Crippen LogP contribution < -0.4 is 19.3 Å². The molecule has 0 radical (unpaired) electrons. The number of hydrogen-bond donors (Lipinski definition) is 2. The van der Waals surface area contributed by atoms with Crippen molar-refractivity contribution in [1.29, 1.82) is 0 Å². The number of halogens is 1. The first-order valence-corrected chi connectivity index (χ1v) is 10.3. The van der Waals surface area contributed by atoms with Gasteiger partial charge in [0.25, 0.3) is 10.0 Å². The zero-order chi connectivity index (χ0) is 18.2. The van der Waals surface area contributed by atoms with E-state index in [0.29, 0.717) is 24.7 Å². The van der Waals surface area contributed by atoms with E-state index < -0.39 is 20.0 Å². The van der Waals surface area contributed by atoms with Gasteiger partial charge in [-0.25, -0.2) is 22.0 Å². The molecule has 0 spiro atoms. The third-order valence-corrected chi connectivity index (χ3v) is 5.91. The maximum Gasteiger partial charge on any atom is 0.261 e. The van der Waals surface area contributed by atoms with Gasteiger partial charge in [-0.2, -0.15) is 0 Å². The Morgan fingerprint density at radius 2 is 1.56 bits per heavy atom. The highest BCUT2D eigenvalue weighted by atomic mass is 35.5. The normalized spacial score (nSPS) is 14.2. The van der Waals surface area contributed by atoms with Crippen molar-refractivity contribution in [2.75, 3.05) is 17.9 Å². The number of rotatable bonds is 4. The molecule has 0 fully saturated rings. The number of hydrogen-bond acceptors (Lipinski definition) is 6. The van der Waals surface area contributed by atoms with Crippen molar-refractivity contribution in [3.63, 3.8) is 0 Å². The van der Waals surface area contributed by atoms with Gasteiger partial charge in [-0.1, -0.05) is 17.7 Å². The molecule has 1 aliphatic rings. The fourth-order valence-electron chi connectivity index (χ4n) is 2.16. The van der Waals surface area contributed by atoms with Gasteiger partial charge in [0, 0.05) is 12.1 Å². The summed E-state index contributed by atoms with van der Waals surface area (Å²) in [4.78, 5) is -0.589. The van der Waals surface area contributed by atoms with Crippen molar-refractivity contribution in [3.05, 3.63) is 41.4 Å². The van der Waals surface area contributed by atoms with Crippen LogP contribution in [0.2, 0.25) is 5.02 Å². The third-order valence-electron chi connectivity index (χ3n) is 3.32. The predicted octanol–water partition coefficient (Wildman–Crippen LogP) is 1.56. The fourth-order valence-corrected chi connectivity index (χ4v) is 4.17. The number of nitrogens with two attached hydrogens (primary N) is 1. The molecule has 3 N–H and O–H groups in total. The molecular formula is C14H13ClN2O6S2. The van der Waals surface area contributed by atoms with Crippen molar-refractivity contribution >= 4 is 37.3 Å². The Bertz CT molecular complexity index is 1040. The summed E-state index contributed by atoms with van der Waals surface area (Å²) in [5.41, 5.74) is 0.0759. The molecule has 0 aromatic heterocycles. The number of primary sulfonamides is 1. The molecule has 0 aliphatic carbocycles. The van der Waals surface area contributed by atoms with Crippen molar-refractivity contribution in [3.8, 4) is 11.5 Å². The SMILES string of the molecule is NS(=O)(=O)c1cccc(S(=O)(=O)Nc2cc3c(cc2Cl)OCCO3)c1. The summed E-state index contributed by atoms with van der Waals surface area (Å²) in [6.45, 7) is 0.700. The molecule has 0 unspecified atom stereocenters. The molecule has 0 bridgehead atoms. The standard InChI is InChI=1S/C14H13ClN2O6S2/c15-11-7-13-14(23-5-4-22-13)8-12(11)17-25(20,21)10-3-1-2-9(6-10)24(16,18)19/h1-3,6-8,17H,4-5H2,(H2,16,18,19). The lowest BCUT2D eigenvalue weighted by Gasteiger charge is -2.20. The summed E-state index contributed by atoms with van der Waals surface area (Å²) in [7, 11) is -8.13. The van der Waals surface area contributed by atoms with Gasteiger partial charge >= 0.3 is 0 Å². The van der Waals surface area contributed by atoms with Gasteiger partial charge in [0.05, 0.1) is 20.5 Å². The fraction of sp³-hybridized carbons (Fsp3) is 0.143. The van der Waals surface area contributed by atoms with Crippen LogP contribution in [-0.2, 0) is 20.0 Å². The van der Waals surface area contributed by atoms with E-state index in [0.717, 1.165) is 6.07 Å². The second kappa shape index (κ2) is 6.37. The molecule has 2 aromatic rings. The molecule has 3 rings (SSSR count). The van der Waals surface area contributed by atoms with Gasteiger partial charge in [-0.15, -0.1) is 0 Å². The van der Waals surface area contributed by atoms with E-state index in [-0.39, 0.29) is 20.5 Å². The molecule has 134 valence electrons. The van der Waals surface area contributed by atoms with Gasteiger partial charge in [-0.05, 0) is 18.2 Å². The van der Waals surface area contributed by atoms with Crippen LogP contribution in [-0.4, -0.2) is 30.0 Å². The lowest BCUT2D eigenvalue weighted by Crippen LogP contribution is -2.18. The maximum atomic E-state index is 12.5. The zero-order valence-corrected chi connectivity index (χ0v) is 15.0. The van der Waals surface area contributed by atoms with Crippen LogP contribution in [0.4, 0.5) is 5.69 Å². The Morgan fingerprint density at radius 3 is 2.20 bits per heavy atom. The molecule has 1 heterocycles. The Hall–Kier alpha value is -2.01. The van der Waals surface area contributed by atoms with Crippen molar-refractivity contribution in [2.45, 2.75) is 9.79 Å². The number of ether oxygens (including phenoxy) is 2. The average Bonchev–Trinajstić information content (AvgIpc) is 2.55. The first-order chi connectivity index (χ1) is 11.7. The molecular weight excluding hydrogens is 392 g/mol. The van der Waals surface area contributed by atoms with E-state index in [1.807, 2.05) is 0 Å². The number of anilines is 1. The monoisotopic (exact) mass is 404 g/mol.